The second-order valence-corrected chi connectivity index (χ2v) is 8.73. The normalized spacial score (nSPS) is 34.9. The number of nitrogens with one attached hydrogen (secondary N) is 4. The zero-order valence-electron chi connectivity index (χ0n) is 15.6. The Bertz CT molecular complexity index is 963. The summed E-state index contributed by atoms with van der Waals surface area (Å²) in [6.07, 6.45) is 2.27. The number of piperidine rings is 1. The summed E-state index contributed by atoms with van der Waals surface area (Å²) < 4.78 is 0. The molecule has 1 aromatic carbocycles. The lowest BCUT2D eigenvalue weighted by molar-refractivity contribution is -0.147. The van der Waals surface area contributed by atoms with Gasteiger partial charge in [-0.2, -0.15) is 0 Å². The van der Waals surface area contributed by atoms with Crippen LogP contribution in [-0.4, -0.2) is 52.9 Å². The number of para-hydroxylation sites is 1. The van der Waals surface area contributed by atoms with Gasteiger partial charge in [0.2, 0.25) is 17.7 Å². The van der Waals surface area contributed by atoms with Crippen molar-refractivity contribution < 1.29 is 14.4 Å². The van der Waals surface area contributed by atoms with Crippen LogP contribution in [0.25, 0.3) is 0 Å². The zero-order chi connectivity index (χ0) is 20.3. The zero-order valence-corrected chi connectivity index (χ0v) is 17.2. The van der Waals surface area contributed by atoms with Crippen molar-refractivity contribution in [2.24, 2.45) is 21.8 Å². The highest BCUT2D eigenvalue weighted by Crippen LogP contribution is 2.54. The van der Waals surface area contributed by atoms with Gasteiger partial charge in [-0.15, -0.1) is 0 Å². The summed E-state index contributed by atoms with van der Waals surface area (Å²) in [6.45, 7) is 0. The SMILES string of the molecule is CSC1=N[C@@H]2N[C@@H]3N=C(SC)NC(=O)[C@@H]3C3(C(=O)Nc4ccccc43)[C@@H]2C(=O)N1. The van der Waals surface area contributed by atoms with Gasteiger partial charge in [0.05, 0.1) is 11.8 Å². The maximum absolute atomic E-state index is 13.5. The van der Waals surface area contributed by atoms with Gasteiger partial charge in [0, 0.05) is 5.69 Å². The Hall–Kier alpha value is -2.37. The number of rotatable bonds is 0. The number of anilines is 1. The van der Waals surface area contributed by atoms with E-state index in [2.05, 4.69) is 31.3 Å². The molecule has 150 valence electrons. The van der Waals surface area contributed by atoms with Crippen molar-refractivity contribution >= 4 is 57.3 Å². The van der Waals surface area contributed by atoms with Crippen LogP contribution in [0, 0.1) is 11.8 Å². The van der Waals surface area contributed by atoms with Gasteiger partial charge in [-0.1, -0.05) is 41.7 Å². The maximum Gasteiger partial charge on any atom is 0.237 e. The molecule has 5 atom stereocenters. The van der Waals surface area contributed by atoms with E-state index in [4.69, 9.17) is 0 Å². The predicted molar refractivity (Wildman–Crippen MR) is 113 cm³/mol. The van der Waals surface area contributed by atoms with Crippen molar-refractivity contribution in [3.05, 3.63) is 29.8 Å². The summed E-state index contributed by atoms with van der Waals surface area (Å²) in [7, 11) is 0. The summed E-state index contributed by atoms with van der Waals surface area (Å²) in [4.78, 5) is 49.2. The smallest absolute Gasteiger partial charge is 0.237 e. The molecule has 1 fully saturated rings. The van der Waals surface area contributed by atoms with Crippen molar-refractivity contribution in [3.8, 4) is 0 Å². The van der Waals surface area contributed by atoms with Crippen LogP contribution in [-0.2, 0) is 19.8 Å². The summed E-state index contributed by atoms with van der Waals surface area (Å²) in [6, 6.07) is 7.20. The van der Waals surface area contributed by atoms with E-state index in [0.717, 1.165) is 0 Å². The van der Waals surface area contributed by atoms with E-state index in [9.17, 15) is 14.4 Å². The molecule has 9 nitrogen and oxygen atoms in total. The number of hydrogen-bond acceptors (Lipinski definition) is 8. The van der Waals surface area contributed by atoms with E-state index in [0.29, 0.717) is 21.6 Å². The lowest BCUT2D eigenvalue weighted by Crippen LogP contribution is -2.74. The van der Waals surface area contributed by atoms with Gasteiger partial charge in [-0.05, 0) is 24.1 Å². The van der Waals surface area contributed by atoms with Crippen LogP contribution < -0.4 is 21.3 Å². The molecule has 29 heavy (non-hydrogen) atoms. The average molecular weight is 431 g/mol. The molecular formula is C18H18N6O3S2. The molecule has 0 radical (unpaired) electrons. The summed E-state index contributed by atoms with van der Waals surface area (Å²) in [5.74, 6) is -2.82. The van der Waals surface area contributed by atoms with Crippen molar-refractivity contribution in [1.29, 1.82) is 0 Å². The van der Waals surface area contributed by atoms with Crippen LogP contribution in [0.1, 0.15) is 5.56 Å². The van der Waals surface area contributed by atoms with Crippen molar-refractivity contribution in [2.45, 2.75) is 17.7 Å². The Kier molecular flexibility index (Phi) is 4.23. The molecule has 11 heteroatoms. The van der Waals surface area contributed by atoms with Gasteiger partial charge in [0.1, 0.15) is 17.7 Å². The minimum Gasteiger partial charge on any atom is -0.325 e. The predicted octanol–water partition coefficient (Wildman–Crippen LogP) is 0.0619. The van der Waals surface area contributed by atoms with Crippen LogP contribution in [0.5, 0.6) is 0 Å². The largest absolute Gasteiger partial charge is 0.325 e. The van der Waals surface area contributed by atoms with Gasteiger partial charge >= 0.3 is 0 Å². The van der Waals surface area contributed by atoms with Crippen LogP contribution in [0.3, 0.4) is 0 Å². The molecule has 0 bridgehead atoms. The summed E-state index contributed by atoms with van der Waals surface area (Å²) in [5, 5.41) is 12.6. The number of nitrogens with zero attached hydrogens (tertiary/aromatic N) is 2. The fourth-order valence-electron chi connectivity index (χ4n) is 4.79. The second-order valence-electron chi connectivity index (χ2n) is 7.14. The Morgan fingerprint density at radius 1 is 0.862 bits per heavy atom. The summed E-state index contributed by atoms with van der Waals surface area (Å²) in [5.41, 5.74) is -0.171. The third kappa shape index (κ3) is 2.44. The Balaban J connectivity index is 1.78. The number of fused-ring (bicyclic) bond motifs is 6. The summed E-state index contributed by atoms with van der Waals surface area (Å²) >= 11 is 2.63. The standard InChI is InChI=1S/C18H18N6O3S2/c1-28-16-21-11-9(13(25)23-16)18(7-5-3-4-6-8(7)19-15(18)27)10-12(20-11)22-17(29-2)24-14(10)26/h3-6,9-12,20H,1-2H3,(H,19,27)(H,21,23,25)(H,22,24,26)/t9-,10+,11-,12+,18?. The Morgan fingerprint density at radius 2 is 1.41 bits per heavy atom. The number of thioether (sulfide) groups is 2. The van der Waals surface area contributed by atoms with Gasteiger partial charge in [0.25, 0.3) is 0 Å². The molecule has 4 aliphatic heterocycles. The number of aliphatic imine (C=N–C) groups is 2. The molecule has 1 unspecified atom stereocenters. The first-order chi connectivity index (χ1) is 14.0. The lowest BCUT2D eigenvalue weighted by Gasteiger charge is -2.51. The molecule has 4 aliphatic rings. The van der Waals surface area contributed by atoms with Crippen LogP contribution in [0.2, 0.25) is 0 Å². The molecule has 1 spiro atoms. The number of carbonyl (C=O) groups is 3. The molecule has 1 aromatic rings. The Morgan fingerprint density at radius 3 is 1.97 bits per heavy atom. The number of benzene rings is 1. The fraction of sp³-hybridized carbons (Fsp3) is 0.389. The molecule has 0 saturated carbocycles. The van der Waals surface area contributed by atoms with E-state index < -0.39 is 29.6 Å². The fourth-order valence-corrected chi connectivity index (χ4v) is 5.64. The highest BCUT2D eigenvalue weighted by Gasteiger charge is 2.69. The first kappa shape index (κ1) is 18.6. The number of carbonyl (C=O) groups excluding carboxylic acids is 3. The highest BCUT2D eigenvalue weighted by atomic mass is 32.2. The van der Waals surface area contributed by atoms with E-state index >= 15 is 0 Å². The molecule has 3 amide bonds. The van der Waals surface area contributed by atoms with Gasteiger partial charge in [0.15, 0.2) is 10.3 Å². The maximum atomic E-state index is 13.5. The van der Waals surface area contributed by atoms with Gasteiger partial charge in [-0.3, -0.25) is 19.7 Å². The molecule has 0 aromatic heterocycles. The molecule has 0 aliphatic carbocycles. The number of amides is 3. The average Bonchev–Trinajstić information content (AvgIpc) is 2.99. The first-order valence-electron chi connectivity index (χ1n) is 9.03. The van der Waals surface area contributed by atoms with Crippen LogP contribution in [0.15, 0.2) is 34.3 Å². The molecule has 5 rings (SSSR count). The lowest BCUT2D eigenvalue weighted by atomic mass is 9.57. The van der Waals surface area contributed by atoms with Gasteiger partial charge in [-0.25, -0.2) is 9.98 Å². The number of hydrogen-bond donors (Lipinski definition) is 4. The Labute approximate surface area is 175 Å². The molecule has 4 N–H and O–H groups in total. The highest BCUT2D eigenvalue weighted by molar-refractivity contribution is 8.13. The van der Waals surface area contributed by atoms with Gasteiger partial charge < -0.3 is 16.0 Å². The van der Waals surface area contributed by atoms with Crippen LogP contribution in [0.4, 0.5) is 5.69 Å². The third-order valence-electron chi connectivity index (χ3n) is 5.88. The van der Waals surface area contributed by atoms with E-state index in [-0.39, 0.29) is 17.7 Å². The minimum absolute atomic E-state index is 0.334. The molecule has 4 heterocycles. The molecular weight excluding hydrogens is 412 g/mol. The van der Waals surface area contributed by atoms with Crippen molar-refractivity contribution in [1.82, 2.24) is 16.0 Å². The topological polar surface area (TPSA) is 124 Å². The van der Waals surface area contributed by atoms with Crippen molar-refractivity contribution in [2.75, 3.05) is 17.8 Å². The van der Waals surface area contributed by atoms with Crippen molar-refractivity contribution in [3.63, 3.8) is 0 Å². The van der Waals surface area contributed by atoms with E-state index in [1.807, 2.05) is 24.6 Å². The second kappa shape index (κ2) is 6.57. The van der Waals surface area contributed by atoms with Crippen LogP contribution >= 0.6 is 23.5 Å². The monoisotopic (exact) mass is 430 g/mol. The third-order valence-corrected chi connectivity index (χ3v) is 7.06. The van der Waals surface area contributed by atoms with E-state index in [1.165, 1.54) is 23.5 Å². The minimum atomic E-state index is -1.41. The first-order valence-corrected chi connectivity index (χ1v) is 11.5. The number of amidine groups is 2. The quantitative estimate of drug-likeness (QED) is 0.462. The molecule has 1 saturated heterocycles. The van der Waals surface area contributed by atoms with E-state index in [1.54, 1.807) is 12.1 Å².